The van der Waals surface area contributed by atoms with Crippen molar-refractivity contribution in [2.75, 3.05) is 13.2 Å². The van der Waals surface area contributed by atoms with Gasteiger partial charge in [-0.05, 0) is 55.3 Å². The molecule has 4 nitrogen and oxygen atoms in total. The first kappa shape index (κ1) is 20.0. The minimum absolute atomic E-state index is 0.136. The largest absolute Gasteiger partial charge is 0.490 e. The van der Waals surface area contributed by atoms with Gasteiger partial charge < -0.3 is 13.9 Å². The first-order chi connectivity index (χ1) is 14.5. The van der Waals surface area contributed by atoms with Crippen molar-refractivity contribution in [2.24, 2.45) is 0 Å². The van der Waals surface area contributed by atoms with Crippen LogP contribution in [0.3, 0.4) is 0 Å². The van der Waals surface area contributed by atoms with Crippen molar-refractivity contribution < 1.29 is 13.9 Å². The zero-order chi connectivity index (χ0) is 21.1. The quantitative estimate of drug-likeness (QED) is 0.349. The molecule has 0 radical (unpaired) electrons. The molecule has 0 amide bonds. The fourth-order valence-electron chi connectivity index (χ4n) is 3.41. The number of halogens is 1. The fourth-order valence-corrected chi connectivity index (χ4v) is 3.63. The molecule has 30 heavy (non-hydrogen) atoms. The minimum Gasteiger partial charge on any atom is -0.490 e. The number of para-hydroxylation sites is 1. The first-order valence-corrected chi connectivity index (χ1v) is 10.1. The Balaban J connectivity index is 1.74. The molecule has 152 valence electrons. The molecule has 0 fully saturated rings. The van der Waals surface area contributed by atoms with E-state index in [4.69, 9.17) is 25.5 Å². The summed E-state index contributed by atoms with van der Waals surface area (Å²) in [5.74, 6) is 1.20. The number of hydrogen-bond donors (Lipinski definition) is 0. The summed E-state index contributed by atoms with van der Waals surface area (Å²) in [6.45, 7) is 4.34. The van der Waals surface area contributed by atoms with Crippen LogP contribution in [0.25, 0.3) is 22.3 Å². The molecule has 4 aromatic rings. The molecule has 0 unspecified atom stereocenters. The van der Waals surface area contributed by atoms with Gasteiger partial charge in [0.05, 0.1) is 10.4 Å². The summed E-state index contributed by atoms with van der Waals surface area (Å²) in [4.78, 5) is 13.3. The van der Waals surface area contributed by atoms with Crippen LogP contribution in [0.1, 0.15) is 11.1 Å². The van der Waals surface area contributed by atoms with Crippen molar-refractivity contribution in [3.63, 3.8) is 0 Å². The van der Waals surface area contributed by atoms with E-state index < -0.39 is 0 Å². The lowest BCUT2D eigenvalue weighted by atomic mass is 10.1. The summed E-state index contributed by atoms with van der Waals surface area (Å²) < 4.78 is 17.8. The van der Waals surface area contributed by atoms with Crippen LogP contribution in [0, 0.1) is 13.8 Å². The molecular weight excluding hydrogens is 400 g/mol. The zero-order valence-electron chi connectivity index (χ0n) is 16.8. The van der Waals surface area contributed by atoms with Crippen molar-refractivity contribution in [3.8, 4) is 22.8 Å². The van der Waals surface area contributed by atoms with Crippen LogP contribution in [0.5, 0.6) is 11.5 Å². The number of rotatable bonds is 6. The van der Waals surface area contributed by atoms with Gasteiger partial charge in [0.1, 0.15) is 24.5 Å². The third kappa shape index (κ3) is 4.05. The molecule has 0 saturated heterocycles. The Labute approximate surface area is 179 Å². The van der Waals surface area contributed by atoms with Crippen molar-refractivity contribution in [1.29, 1.82) is 0 Å². The monoisotopic (exact) mass is 420 g/mol. The third-order valence-electron chi connectivity index (χ3n) is 4.74. The number of hydrogen-bond acceptors (Lipinski definition) is 4. The van der Waals surface area contributed by atoms with Gasteiger partial charge in [0.15, 0.2) is 5.76 Å². The van der Waals surface area contributed by atoms with Crippen molar-refractivity contribution in [3.05, 3.63) is 93.1 Å². The van der Waals surface area contributed by atoms with E-state index in [2.05, 4.69) is 0 Å². The normalized spacial score (nSPS) is 10.9. The molecule has 0 aliphatic carbocycles. The van der Waals surface area contributed by atoms with Gasteiger partial charge in [0.2, 0.25) is 11.2 Å². The Bertz CT molecular complexity index is 1250. The Morgan fingerprint density at radius 3 is 2.37 bits per heavy atom. The van der Waals surface area contributed by atoms with E-state index in [1.807, 2.05) is 74.5 Å². The van der Waals surface area contributed by atoms with E-state index in [9.17, 15) is 4.79 Å². The molecule has 0 atom stereocenters. The second-order valence-electron chi connectivity index (χ2n) is 7.04. The molecule has 0 spiro atoms. The van der Waals surface area contributed by atoms with Gasteiger partial charge in [-0.3, -0.25) is 4.79 Å². The maximum Gasteiger partial charge on any atom is 0.235 e. The predicted octanol–water partition coefficient (Wildman–Crippen LogP) is 6.19. The average molecular weight is 421 g/mol. The number of fused-ring (bicyclic) bond motifs is 1. The third-order valence-corrected chi connectivity index (χ3v) is 5.07. The van der Waals surface area contributed by atoms with Gasteiger partial charge >= 0.3 is 0 Å². The highest BCUT2D eigenvalue weighted by molar-refractivity contribution is 6.33. The van der Waals surface area contributed by atoms with Crippen LogP contribution in [-0.2, 0) is 0 Å². The van der Waals surface area contributed by atoms with Crippen LogP contribution in [-0.4, -0.2) is 13.2 Å². The Hall–Kier alpha value is -3.24. The lowest BCUT2D eigenvalue weighted by Gasteiger charge is -2.14. The average Bonchev–Trinajstić information content (AvgIpc) is 2.74. The van der Waals surface area contributed by atoms with Crippen LogP contribution >= 0.6 is 11.6 Å². The second-order valence-corrected chi connectivity index (χ2v) is 7.44. The van der Waals surface area contributed by atoms with Crippen LogP contribution < -0.4 is 14.9 Å². The fraction of sp³-hybridized carbons (Fsp3) is 0.160. The molecule has 3 aromatic carbocycles. The SMILES string of the molecule is Cc1cc(C)c2oc(-c3ccccc3Cl)c(OCCOc3ccccc3)c(=O)c2c1. The maximum atomic E-state index is 13.3. The summed E-state index contributed by atoms with van der Waals surface area (Å²) in [5, 5.41) is 0.970. The molecule has 5 heteroatoms. The number of aryl methyl sites for hydroxylation is 2. The van der Waals surface area contributed by atoms with Gasteiger partial charge in [-0.15, -0.1) is 0 Å². The molecule has 0 aliphatic rings. The second kappa shape index (κ2) is 8.64. The highest BCUT2D eigenvalue weighted by atomic mass is 35.5. The van der Waals surface area contributed by atoms with Crippen molar-refractivity contribution in [1.82, 2.24) is 0 Å². The first-order valence-electron chi connectivity index (χ1n) is 9.68. The van der Waals surface area contributed by atoms with Crippen LogP contribution in [0.2, 0.25) is 5.02 Å². The predicted molar refractivity (Wildman–Crippen MR) is 120 cm³/mol. The Morgan fingerprint density at radius 1 is 0.900 bits per heavy atom. The molecule has 0 aliphatic heterocycles. The molecule has 0 saturated carbocycles. The molecule has 1 heterocycles. The summed E-state index contributed by atoms with van der Waals surface area (Å²) in [5.41, 5.74) is 2.79. The summed E-state index contributed by atoms with van der Waals surface area (Å²) >= 11 is 6.40. The van der Waals surface area contributed by atoms with Gasteiger partial charge in [-0.25, -0.2) is 0 Å². The van der Waals surface area contributed by atoms with Gasteiger partial charge in [0, 0.05) is 5.56 Å². The zero-order valence-corrected chi connectivity index (χ0v) is 17.5. The topological polar surface area (TPSA) is 48.7 Å². The van der Waals surface area contributed by atoms with E-state index in [1.54, 1.807) is 6.07 Å². The van der Waals surface area contributed by atoms with Crippen LogP contribution in [0.4, 0.5) is 0 Å². The molecule has 0 bridgehead atoms. The van der Waals surface area contributed by atoms with E-state index in [0.717, 1.165) is 16.9 Å². The van der Waals surface area contributed by atoms with E-state index >= 15 is 0 Å². The smallest absolute Gasteiger partial charge is 0.235 e. The highest BCUT2D eigenvalue weighted by Gasteiger charge is 2.20. The Morgan fingerprint density at radius 2 is 1.60 bits per heavy atom. The van der Waals surface area contributed by atoms with E-state index in [-0.39, 0.29) is 24.4 Å². The lowest BCUT2D eigenvalue weighted by Crippen LogP contribution is -2.15. The van der Waals surface area contributed by atoms with Crippen LogP contribution in [0.15, 0.2) is 75.9 Å². The minimum atomic E-state index is -0.224. The van der Waals surface area contributed by atoms with E-state index in [0.29, 0.717) is 27.3 Å². The number of benzene rings is 3. The molecule has 0 N–H and O–H groups in total. The molecule has 1 aromatic heterocycles. The lowest BCUT2D eigenvalue weighted by molar-refractivity contribution is 0.214. The summed E-state index contributed by atoms with van der Waals surface area (Å²) in [7, 11) is 0. The summed E-state index contributed by atoms with van der Waals surface area (Å²) in [6, 6.07) is 20.5. The Kier molecular flexibility index (Phi) is 5.77. The van der Waals surface area contributed by atoms with Gasteiger partial charge in [0.25, 0.3) is 0 Å². The van der Waals surface area contributed by atoms with E-state index in [1.165, 1.54) is 0 Å². The van der Waals surface area contributed by atoms with Crippen molar-refractivity contribution in [2.45, 2.75) is 13.8 Å². The standard InChI is InChI=1S/C25H21ClO4/c1-16-14-17(2)23-20(15-16)22(27)25(24(30-23)19-10-6-7-11-21(19)26)29-13-12-28-18-8-4-3-5-9-18/h3-11,14-15H,12-13H2,1-2H3. The van der Waals surface area contributed by atoms with Crippen molar-refractivity contribution >= 4 is 22.6 Å². The highest BCUT2D eigenvalue weighted by Crippen LogP contribution is 2.36. The van der Waals surface area contributed by atoms with Gasteiger partial charge in [-0.2, -0.15) is 0 Å². The molecular formula is C25H21ClO4. The molecule has 4 rings (SSSR count). The number of ether oxygens (including phenoxy) is 2. The maximum absolute atomic E-state index is 13.3. The van der Waals surface area contributed by atoms with Gasteiger partial charge in [-0.1, -0.05) is 48.0 Å². The summed E-state index contributed by atoms with van der Waals surface area (Å²) in [6.07, 6.45) is 0.